The monoisotopic (exact) mass is 361 g/mol. The predicted molar refractivity (Wildman–Crippen MR) is 100 cm³/mol. The summed E-state index contributed by atoms with van der Waals surface area (Å²) in [6.07, 6.45) is 2.38. The number of ketones is 1. The van der Waals surface area contributed by atoms with E-state index < -0.39 is 0 Å². The van der Waals surface area contributed by atoms with E-state index in [1.54, 1.807) is 53.6 Å². The highest BCUT2D eigenvalue weighted by molar-refractivity contribution is 6.11. The molecular formula is C22H19NO4. The third-order valence-corrected chi connectivity index (χ3v) is 4.84. The predicted octanol–water partition coefficient (Wildman–Crippen LogP) is 3.72. The summed E-state index contributed by atoms with van der Waals surface area (Å²) in [6, 6.07) is 15.8. The first-order valence-corrected chi connectivity index (χ1v) is 8.79. The van der Waals surface area contributed by atoms with Crippen LogP contribution in [-0.4, -0.2) is 30.2 Å². The van der Waals surface area contributed by atoms with Crippen molar-refractivity contribution in [1.82, 2.24) is 4.90 Å². The fraction of sp³-hybridized carbons (Fsp3) is 0.182. The van der Waals surface area contributed by atoms with Crippen molar-refractivity contribution in [2.75, 3.05) is 13.7 Å². The van der Waals surface area contributed by atoms with Crippen LogP contribution >= 0.6 is 0 Å². The number of hydrogen-bond donors (Lipinski definition) is 0. The Labute approximate surface area is 157 Å². The Kier molecular flexibility index (Phi) is 4.50. The highest BCUT2D eigenvalue weighted by atomic mass is 16.5. The molecule has 0 bridgehead atoms. The minimum Gasteiger partial charge on any atom is -0.496 e. The molecule has 3 aromatic rings. The Hall–Kier alpha value is -3.34. The Morgan fingerprint density at radius 2 is 1.74 bits per heavy atom. The topological polar surface area (TPSA) is 59.8 Å². The van der Waals surface area contributed by atoms with Gasteiger partial charge in [-0.25, -0.2) is 0 Å². The molecule has 5 nitrogen and oxygen atoms in total. The van der Waals surface area contributed by atoms with E-state index in [0.717, 1.165) is 17.7 Å². The van der Waals surface area contributed by atoms with Crippen LogP contribution in [0.3, 0.4) is 0 Å². The van der Waals surface area contributed by atoms with Gasteiger partial charge in [-0.05, 0) is 30.3 Å². The second-order valence-corrected chi connectivity index (χ2v) is 6.45. The summed E-state index contributed by atoms with van der Waals surface area (Å²) in [5, 5.41) is 0. The summed E-state index contributed by atoms with van der Waals surface area (Å²) < 4.78 is 10.7. The number of benzene rings is 2. The Balaban J connectivity index is 1.52. The van der Waals surface area contributed by atoms with Crippen LogP contribution < -0.4 is 4.74 Å². The summed E-state index contributed by atoms with van der Waals surface area (Å²) in [5.41, 5.74) is 2.64. The fourth-order valence-electron chi connectivity index (χ4n) is 3.36. The van der Waals surface area contributed by atoms with E-state index >= 15 is 0 Å². The molecule has 136 valence electrons. The maximum atomic E-state index is 12.8. The van der Waals surface area contributed by atoms with Crippen LogP contribution in [0.2, 0.25) is 0 Å². The molecule has 0 N–H and O–H groups in total. The van der Waals surface area contributed by atoms with Crippen molar-refractivity contribution < 1.29 is 18.7 Å². The fourth-order valence-corrected chi connectivity index (χ4v) is 3.36. The van der Waals surface area contributed by atoms with E-state index in [1.165, 1.54) is 7.11 Å². The van der Waals surface area contributed by atoms with Gasteiger partial charge in [-0.1, -0.05) is 24.3 Å². The molecule has 27 heavy (non-hydrogen) atoms. The average molecular weight is 361 g/mol. The number of carbonyl (C=O) groups excluding carboxylic acids is 2. The van der Waals surface area contributed by atoms with Gasteiger partial charge in [-0.2, -0.15) is 0 Å². The smallest absolute Gasteiger partial charge is 0.254 e. The zero-order valence-electron chi connectivity index (χ0n) is 15.0. The van der Waals surface area contributed by atoms with Crippen molar-refractivity contribution in [2.24, 2.45) is 0 Å². The van der Waals surface area contributed by atoms with Crippen LogP contribution in [0.4, 0.5) is 0 Å². The Morgan fingerprint density at radius 1 is 1.00 bits per heavy atom. The largest absolute Gasteiger partial charge is 0.496 e. The average Bonchev–Trinajstić information content (AvgIpc) is 3.20. The quantitative estimate of drug-likeness (QED) is 0.665. The van der Waals surface area contributed by atoms with Gasteiger partial charge in [0.25, 0.3) is 5.91 Å². The highest BCUT2D eigenvalue weighted by Gasteiger charge is 2.24. The van der Waals surface area contributed by atoms with Crippen molar-refractivity contribution in [3.05, 3.63) is 88.9 Å². The van der Waals surface area contributed by atoms with Gasteiger partial charge in [0.2, 0.25) is 0 Å². The number of hydrogen-bond acceptors (Lipinski definition) is 4. The molecule has 1 aliphatic rings. The molecule has 1 amide bonds. The first-order valence-electron chi connectivity index (χ1n) is 8.79. The lowest BCUT2D eigenvalue weighted by Gasteiger charge is -2.26. The molecule has 0 radical (unpaired) electrons. The first-order chi connectivity index (χ1) is 13.2. The third kappa shape index (κ3) is 3.24. The van der Waals surface area contributed by atoms with Gasteiger partial charge in [-0.3, -0.25) is 9.59 Å². The van der Waals surface area contributed by atoms with E-state index in [0.29, 0.717) is 35.5 Å². The van der Waals surface area contributed by atoms with Crippen molar-refractivity contribution in [3.63, 3.8) is 0 Å². The highest BCUT2D eigenvalue weighted by Crippen LogP contribution is 2.23. The summed E-state index contributed by atoms with van der Waals surface area (Å²) in [6.45, 7) is 1.17. The molecule has 4 rings (SSSR count). The van der Waals surface area contributed by atoms with Gasteiger partial charge in [0, 0.05) is 36.2 Å². The number of amides is 1. The van der Waals surface area contributed by atoms with Crippen molar-refractivity contribution >= 4 is 11.7 Å². The van der Waals surface area contributed by atoms with Crippen LogP contribution in [0.25, 0.3) is 0 Å². The molecule has 2 aromatic carbocycles. The zero-order valence-corrected chi connectivity index (χ0v) is 15.0. The van der Waals surface area contributed by atoms with Crippen molar-refractivity contribution in [3.8, 4) is 5.75 Å². The molecule has 2 heterocycles. The molecule has 1 aliphatic heterocycles. The van der Waals surface area contributed by atoms with Crippen molar-refractivity contribution in [1.29, 1.82) is 0 Å². The maximum Gasteiger partial charge on any atom is 0.254 e. The molecule has 1 aromatic heterocycles. The molecule has 0 spiro atoms. The van der Waals surface area contributed by atoms with Crippen LogP contribution in [-0.2, 0) is 13.0 Å². The van der Waals surface area contributed by atoms with Gasteiger partial charge in [-0.15, -0.1) is 0 Å². The van der Waals surface area contributed by atoms with E-state index in [-0.39, 0.29) is 11.7 Å². The lowest BCUT2D eigenvalue weighted by molar-refractivity contribution is 0.0729. The molecule has 5 heteroatoms. The zero-order chi connectivity index (χ0) is 18.8. The Bertz CT molecular complexity index is 988. The van der Waals surface area contributed by atoms with E-state index in [9.17, 15) is 9.59 Å². The lowest BCUT2D eigenvalue weighted by Crippen LogP contribution is -2.35. The van der Waals surface area contributed by atoms with Crippen LogP contribution in [0.15, 0.2) is 65.3 Å². The number of rotatable bonds is 4. The van der Waals surface area contributed by atoms with Gasteiger partial charge >= 0.3 is 0 Å². The van der Waals surface area contributed by atoms with Crippen LogP contribution in [0.5, 0.6) is 5.75 Å². The van der Waals surface area contributed by atoms with Crippen molar-refractivity contribution in [2.45, 2.75) is 13.0 Å². The molecule has 0 fully saturated rings. The summed E-state index contributed by atoms with van der Waals surface area (Å²) >= 11 is 0. The van der Waals surface area contributed by atoms with Gasteiger partial charge in [0.1, 0.15) is 11.5 Å². The summed E-state index contributed by atoms with van der Waals surface area (Å²) in [5.74, 6) is 1.31. The normalized spacial score (nSPS) is 13.1. The second-order valence-electron chi connectivity index (χ2n) is 6.45. The number of para-hydroxylation sites is 1. The molecular weight excluding hydrogens is 342 g/mol. The lowest BCUT2D eigenvalue weighted by atomic mass is 10.0. The molecule has 0 atom stereocenters. The molecule has 0 aliphatic carbocycles. The van der Waals surface area contributed by atoms with Crippen LogP contribution in [0.1, 0.15) is 37.6 Å². The van der Waals surface area contributed by atoms with Crippen LogP contribution in [0, 0.1) is 0 Å². The van der Waals surface area contributed by atoms with E-state index in [4.69, 9.17) is 9.15 Å². The number of methoxy groups -OCH3 is 1. The number of ether oxygens (including phenoxy) is 1. The number of fused-ring (bicyclic) bond motifs is 1. The van der Waals surface area contributed by atoms with E-state index in [2.05, 4.69) is 0 Å². The van der Waals surface area contributed by atoms with Gasteiger partial charge in [0.15, 0.2) is 5.78 Å². The summed E-state index contributed by atoms with van der Waals surface area (Å²) in [7, 11) is 1.54. The third-order valence-electron chi connectivity index (χ3n) is 4.84. The Morgan fingerprint density at radius 3 is 2.52 bits per heavy atom. The number of carbonyl (C=O) groups is 2. The molecule has 0 unspecified atom stereocenters. The molecule has 0 saturated carbocycles. The van der Waals surface area contributed by atoms with Gasteiger partial charge < -0.3 is 14.1 Å². The molecule has 0 saturated heterocycles. The van der Waals surface area contributed by atoms with Gasteiger partial charge in [0.05, 0.1) is 18.9 Å². The van der Waals surface area contributed by atoms with E-state index in [1.807, 2.05) is 12.1 Å². The second kappa shape index (κ2) is 7.11. The minimum absolute atomic E-state index is 0.0434. The number of nitrogens with zero attached hydrogens (tertiary/aromatic N) is 1. The first kappa shape index (κ1) is 17.1. The maximum absolute atomic E-state index is 12.8. The minimum atomic E-state index is -0.132. The number of furan rings is 1. The summed E-state index contributed by atoms with van der Waals surface area (Å²) in [4.78, 5) is 27.3. The SMILES string of the molecule is COc1ccccc1C(=O)c1ccc(C(=O)N2CCc3occc3C2)cc1. The standard InChI is InChI=1S/C22H19NO4/c1-26-20-5-3-2-4-18(20)21(24)15-6-8-16(9-7-15)22(25)23-12-10-19-17(14-23)11-13-27-19/h2-9,11,13H,10,12,14H2,1H3.